The van der Waals surface area contributed by atoms with Crippen molar-refractivity contribution in [3.8, 4) is 0 Å². The number of nitrogens with one attached hydrogen (secondary N) is 1. The van der Waals surface area contributed by atoms with Crippen LogP contribution in [0.4, 0.5) is 24.7 Å². The number of aromatic nitrogens is 3. The average molecular weight is 434 g/mol. The third kappa shape index (κ3) is 4.55. The van der Waals surface area contributed by atoms with E-state index in [2.05, 4.69) is 15.4 Å². The summed E-state index contributed by atoms with van der Waals surface area (Å²) in [6, 6.07) is 5.03. The van der Waals surface area contributed by atoms with E-state index in [1.165, 1.54) is 6.07 Å². The van der Waals surface area contributed by atoms with Crippen LogP contribution in [-0.4, -0.2) is 51.7 Å². The van der Waals surface area contributed by atoms with E-state index >= 15 is 0 Å². The van der Waals surface area contributed by atoms with Crippen molar-refractivity contribution in [2.24, 2.45) is 0 Å². The number of nitrogen functional groups attached to an aromatic ring is 1. The van der Waals surface area contributed by atoms with Crippen molar-refractivity contribution in [2.75, 3.05) is 37.4 Å². The van der Waals surface area contributed by atoms with E-state index in [0.29, 0.717) is 48.9 Å². The van der Waals surface area contributed by atoms with E-state index < -0.39 is 11.7 Å². The molecule has 3 heterocycles. The minimum absolute atomic E-state index is 0.0247. The van der Waals surface area contributed by atoms with Crippen LogP contribution in [0.2, 0.25) is 0 Å². The molecule has 11 heteroatoms. The number of fused-ring (bicyclic) bond motifs is 1. The number of anilines is 2. The second-order valence-electron chi connectivity index (χ2n) is 7.31. The van der Waals surface area contributed by atoms with Gasteiger partial charge in [0.2, 0.25) is 0 Å². The molecule has 0 bridgehead atoms. The molecule has 1 fully saturated rings. The number of alkyl halides is 3. The van der Waals surface area contributed by atoms with Gasteiger partial charge in [-0.05, 0) is 30.7 Å². The number of ether oxygens (including phenoxy) is 1. The van der Waals surface area contributed by atoms with E-state index in [1.54, 1.807) is 28.6 Å². The number of carbonyl (C=O) groups excluding carboxylic acids is 1. The summed E-state index contributed by atoms with van der Waals surface area (Å²) in [5.74, 6) is 0.200. The number of nitrogens with zero attached hydrogens (tertiary/aromatic N) is 4. The van der Waals surface area contributed by atoms with Crippen molar-refractivity contribution < 1.29 is 22.7 Å². The molecule has 1 amide bonds. The largest absolute Gasteiger partial charge is 0.416 e. The molecule has 31 heavy (non-hydrogen) atoms. The Morgan fingerprint density at radius 3 is 2.68 bits per heavy atom. The van der Waals surface area contributed by atoms with Crippen LogP contribution in [0, 0.1) is 6.92 Å². The average Bonchev–Trinajstić information content (AvgIpc) is 3.15. The summed E-state index contributed by atoms with van der Waals surface area (Å²) < 4.78 is 46.0. The molecule has 1 aromatic carbocycles. The molecule has 1 aliphatic rings. The number of hydrogen-bond acceptors (Lipinski definition) is 6. The number of nitrogens with two attached hydrogens (primary N) is 1. The molecule has 0 unspecified atom stereocenters. The number of amides is 1. The summed E-state index contributed by atoms with van der Waals surface area (Å²) in [7, 11) is 0. The summed E-state index contributed by atoms with van der Waals surface area (Å²) in [6.45, 7) is 3.77. The van der Waals surface area contributed by atoms with E-state index in [0.717, 1.165) is 12.1 Å². The van der Waals surface area contributed by atoms with Gasteiger partial charge >= 0.3 is 6.18 Å². The van der Waals surface area contributed by atoms with Crippen molar-refractivity contribution in [3.05, 3.63) is 53.0 Å². The highest BCUT2D eigenvalue weighted by molar-refractivity contribution is 5.94. The SMILES string of the molecule is Cc1cn2nc(C(=O)N3CCOCC3)cc2c(NCc2cc(N)cc(C(F)(F)F)c2)n1. The minimum atomic E-state index is -4.49. The maximum atomic E-state index is 13.1. The Bertz CT molecular complexity index is 1120. The fraction of sp³-hybridized carbons (Fsp3) is 0.350. The molecule has 0 spiro atoms. The first kappa shape index (κ1) is 20.9. The molecule has 8 nitrogen and oxygen atoms in total. The highest BCUT2D eigenvalue weighted by Gasteiger charge is 2.31. The summed E-state index contributed by atoms with van der Waals surface area (Å²) >= 11 is 0. The van der Waals surface area contributed by atoms with Crippen molar-refractivity contribution in [2.45, 2.75) is 19.6 Å². The van der Waals surface area contributed by atoms with Gasteiger partial charge in [-0.15, -0.1) is 0 Å². The van der Waals surface area contributed by atoms with Crippen LogP contribution in [0.25, 0.3) is 5.52 Å². The van der Waals surface area contributed by atoms with E-state index in [-0.39, 0.29) is 23.8 Å². The third-order valence-corrected chi connectivity index (χ3v) is 4.90. The fourth-order valence-electron chi connectivity index (χ4n) is 3.44. The zero-order valence-corrected chi connectivity index (χ0v) is 16.7. The van der Waals surface area contributed by atoms with Gasteiger partial charge in [0.15, 0.2) is 11.5 Å². The van der Waals surface area contributed by atoms with Gasteiger partial charge in [-0.3, -0.25) is 4.79 Å². The second-order valence-corrected chi connectivity index (χ2v) is 7.31. The van der Waals surface area contributed by atoms with Crippen molar-refractivity contribution in [1.29, 1.82) is 0 Å². The van der Waals surface area contributed by atoms with Crippen molar-refractivity contribution >= 4 is 22.9 Å². The van der Waals surface area contributed by atoms with E-state index in [9.17, 15) is 18.0 Å². The van der Waals surface area contributed by atoms with Crippen molar-refractivity contribution in [3.63, 3.8) is 0 Å². The predicted molar refractivity (Wildman–Crippen MR) is 108 cm³/mol. The van der Waals surface area contributed by atoms with Crippen LogP contribution in [0.15, 0.2) is 30.5 Å². The lowest BCUT2D eigenvalue weighted by Gasteiger charge is -2.25. The van der Waals surface area contributed by atoms with Gasteiger partial charge in [0.1, 0.15) is 5.52 Å². The van der Waals surface area contributed by atoms with E-state index in [1.807, 2.05) is 0 Å². The Balaban J connectivity index is 1.60. The Hall–Kier alpha value is -3.34. The fourth-order valence-corrected chi connectivity index (χ4v) is 3.44. The topological polar surface area (TPSA) is 97.8 Å². The summed E-state index contributed by atoms with van der Waals surface area (Å²) in [5, 5.41) is 7.40. The van der Waals surface area contributed by atoms with Gasteiger partial charge in [-0.1, -0.05) is 0 Å². The van der Waals surface area contributed by atoms with Crippen LogP contribution in [0.1, 0.15) is 27.3 Å². The smallest absolute Gasteiger partial charge is 0.399 e. The summed E-state index contributed by atoms with van der Waals surface area (Å²) in [5.41, 5.74) is 6.65. The lowest BCUT2D eigenvalue weighted by atomic mass is 10.1. The number of carbonyl (C=O) groups is 1. The zero-order chi connectivity index (χ0) is 22.2. The van der Waals surface area contributed by atoms with Crippen molar-refractivity contribution in [1.82, 2.24) is 19.5 Å². The summed E-state index contributed by atoms with van der Waals surface area (Å²) in [6.07, 6.45) is -2.81. The maximum Gasteiger partial charge on any atom is 0.416 e. The molecule has 164 valence electrons. The first-order chi connectivity index (χ1) is 14.7. The predicted octanol–water partition coefficient (Wildman–Crippen LogP) is 2.72. The third-order valence-electron chi connectivity index (χ3n) is 4.90. The van der Waals surface area contributed by atoms with Crippen LogP contribution in [-0.2, 0) is 17.5 Å². The lowest BCUT2D eigenvalue weighted by molar-refractivity contribution is -0.137. The Morgan fingerprint density at radius 1 is 1.23 bits per heavy atom. The van der Waals surface area contributed by atoms with E-state index in [4.69, 9.17) is 10.5 Å². The molecular weight excluding hydrogens is 413 g/mol. The molecule has 3 aromatic rings. The van der Waals surface area contributed by atoms with Gasteiger partial charge in [-0.25, -0.2) is 9.50 Å². The number of halogens is 3. The first-order valence-corrected chi connectivity index (χ1v) is 9.65. The monoisotopic (exact) mass is 434 g/mol. The standard InChI is InChI=1S/C20H21F3N6O2/c1-12-11-29-17(9-16(27-29)19(30)28-2-4-31-5-3-28)18(26-12)25-10-13-6-14(20(21,22)23)8-15(24)7-13/h6-9,11H,2-5,10,24H2,1H3,(H,25,26). The Labute approximate surface area is 175 Å². The summed E-state index contributed by atoms with van der Waals surface area (Å²) in [4.78, 5) is 18.8. The molecule has 2 aromatic heterocycles. The van der Waals surface area contributed by atoms with Crippen LogP contribution >= 0.6 is 0 Å². The van der Waals surface area contributed by atoms with Gasteiger partial charge < -0.3 is 20.7 Å². The normalized spacial score (nSPS) is 14.8. The van der Waals surface area contributed by atoms with Gasteiger partial charge in [0.05, 0.1) is 30.7 Å². The Kier molecular flexibility index (Phi) is 5.44. The molecular formula is C20H21F3N6O2. The highest BCUT2D eigenvalue weighted by Crippen LogP contribution is 2.31. The molecule has 0 radical (unpaired) electrons. The zero-order valence-electron chi connectivity index (χ0n) is 16.7. The van der Waals surface area contributed by atoms with Gasteiger partial charge in [-0.2, -0.15) is 18.3 Å². The molecule has 1 aliphatic heterocycles. The number of rotatable bonds is 4. The molecule has 4 rings (SSSR count). The highest BCUT2D eigenvalue weighted by atomic mass is 19.4. The van der Waals surface area contributed by atoms with Gasteiger partial charge in [0, 0.05) is 31.4 Å². The molecule has 0 saturated carbocycles. The maximum absolute atomic E-state index is 13.1. The first-order valence-electron chi connectivity index (χ1n) is 9.65. The van der Waals surface area contributed by atoms with Crippen LogP contribution in [0.5, 0.6) is 0 Å². The molecule has 0 atom stereocenters. The number of hydrogen-bond donors (Lipinski definition) is 2. The Morgan fingerprint density at radius 2 is 1.97 bits per heavy atom. The number of morpholine rings is 1. The van der Waals surface area contributed by atoms with Crippen LogP contribution in [0.3, 0.4) is 0 Å². The van der Waals surface area contributed by atoms with Gasteiger partial charge in [0.25, 0.3) is 5.91 Å². The molecule has 1 saturated heterocycles. The number of benzene rings is 1. The lowest BCUT2D eigenvalue weighted by Crippen LogP contribution is -2.40. The molecule has 0 aliphatic carbocycles. The minimum Gasteiger partial charge on any atom is -0.399 e. The molecule has 3 N–H and O–H groups in total. The quantitative estimate of drug-likeness (QED) is 0.613. The van der Waals surface area contributed by atoms with Crippen LogP contribution < -0.4 is 11.1 Å². The second kappa shape index (κ2) is 8.06. The number of aryl methyl sites for hydroxylation is 1.